The maximum absolute atomic E-state index is 13.1. The van der Waals surface area contributed by atoms with E-state index in [9.17, 15) is 17.6 Å². The predicted octanol–water partition coefficient (Wildman–Crippen LogP) is 1.93. The molecule has 1 aliphatic heterocycles. The summed E-state index contributed by atoms with van der Waals surface area (Å²) >= 11 is 0. The predicted molar refractivity (Wildman–Crippen MR) is 41.9 cm³/mol. The van der Waals surface area contributed by atoms with Crippen molar-refractivity contribution in [2.24, 2.45) is 0 Å². The smallest absolute Gasteiger partial charge is 0.165 e. The Morgan fingerprint density at radius 1 is 1.00 bits per heavy atom. The standard InChI is InChI=1S/C9H7F4N/c10-5-1-6(11)9(13)7(8(5)12)4-2-14-3-4/h1,4,14H,2-3H2. The first-order valence-corrected chi connectivity index (χ1v) is 4.15. The molecule has 1 aliphatic rings. The van der Waals surface area contributed by atoms with Crippen LogP contribution >= 0.6 is 0 Å². The van der Waals surface area contributed by atoms with E-state index in [-0.39, 0.29) is 6.07 Å². The molecule has 1 fully saturated rings. The molecule has 0 bridgehead atoms. The maximum Gasteiger partial charge on any atom is 0.165 e. The summed E-state index contributed by atoms with van der Waals surface area (Å²) in [4.78, 5) is 0. The van der Waals surface area contributed by atoms with Gasteiger partial charge >= 0.3 is 0 Å². The summed E-state index contributed by atoms with van der Waals surface area (Å²) < 4.78 is 51.7. The summed E-state index contributed by atoms with van der Waals surface area (Å²) in [6.07, 6.45) is 0. The zero-order chi connectivity index (χ0) is 10.3. The molecule has 0 spiro atoms. The van der Waals surface area contributed by atoms with Gasteiger partial charge in [0.2, 0.25) is 0 Å². The van der Waals surface area contributed by atoms with Crippen molar-refractivity contribution in [3.05, 3.63) is 34.9 Å². The fraction of sp³-hybridized carbons (Fsp3) is 0.333. The Morgan fingerprint density at radius 2 is 1.50 bits per heavy atom. The SMILES string of the molecule is Fc1cc(F)c(F)c(C2CNC2)c1F. The van der Waals surface area contributed by atoms with Crippen LogP contribution < -0.4 is 5.32 Å². The van der Waals surface area contributed by atoms with Crippen LogP contribution in [0, 0.1) is 23.3 Å². The fourth-order valence-corrected chi connectivity index (χ4v) is 1.44. The molecule has 0 unspecified atom stereocenters. The average molecular weight is 205 g/mol. The second-order valence-corrected chi connectivity index (χ2v) is 3.24. The zero-order valence-corrected chi connectivity index (χ0v) is 7.08. The largest absolute Gasteiger partial charge is 0.315 e. The second-order valence-electron chi connectivity index (χ2n) is 3.24. The van der Waals surface area contributed by atoms with Crippen molar-refractivity contribution in [2.45, 2.75) is 5.92 Å². The lowest BCUT2D eigenvalue weighted by Crippen LogP contribution is -2.41. The van der Waals surface area contributed by atoms with E-state index in [1.165, 1.54) is 0 Å². The summed E-state index contributed by atoms with van der Waals surface area (Å²) in [5.41, 5.74) is -0.485. The highest BCUT2D eigenvalue weighted by Crippen LogP contribution is 2.28. The number of rotatable bonds is 1. The summed E-state index contributed by atoms with van der Waals surface area (Å²) in [5, 5.41) is 2.77. The van der Waals surface area contributed by atoms with Crippen LogP contribution in [-0.2, 0) is 0 Å². The summed E-state index contributed by atoms with van der Waals surface area (Å²) in [7, 11) is 0. The van der Waals surface area contributed by atoms with E-state index >= 15 is 0 Å². The number of hydrogen-bond acceptors (Lipinski definition) is 1. The zero-order valence-electron chi connectivity index (χ0n) is 7.08. The first-order chi connectivity index (χ1) is 6.61. The van der Waals surface area contributed by atoms with Crippen molar-refractivity contribution < 1.29 is 17.6 Å². The lowest BCUT2D eigenvalue weighted by molar-refractivity contribution is 0.379. The van der Waals surface area contributed by atoms with Gasteiger partial charge in [0.25, 0.3) is 0 Å². The first-order valence-electron chi connectivity index (χ1n) is 4.15. The third-order valence-corrected chi connectivity index (χ3v) is 2.34. The molecule has 0 atom stereocenters. The molecule has 5 heteroatoms. The van der Waals surface area contributed by atoms with Crippen LogP contribution in [0.1, 0.15) is 11.5 Å². The molecular weight excluding hydrogens is 198 g/mol. The minimum atomic E-state index is -1.34. The Kier molecular flexibility index (Phi) is 2.19. The molecule has 1 saturated heterocycles. The summed E-state index contributed by atoms with van der Waals surface area (Å²) in [6.45, 7) is 0.688. The molecule has 0 aliphatic carbocycles. The molecule has 0 aromatic heterocycles. The molecular formula is C9H7F4N. The maximum atomic E-state index is 13.1. The van der Waals surface area contributed by atoms with E-state index in [0.29, 0.717) is 13.1 Å². The number of nitrogens with one attached hydrogen (secondary N) is 1. The molecule has 0 amide bonds. The third-order valence-electron chi connectivity index (χ3n) is 2.34. The van der Waals surface area contributed by atoms with Crippen LogP contribution in [0.4, 0.5) is 17.6 Å². The topological polar surface area (TPSA) is 12.0 Å². The summed E-state index contributed by atoms with van der Waals surface area (Å²) in [5.74, 6) is -5.72. The van der Waals surface area contributed by atoms with Crippen molar-refractivity contribution in [2.75, 3.05) is 13.1 Å². The van der Waals surface area contributed by atoms with Gasteiger partial charge in [0.1, 0.15) is 0 Å². The van der Waals surface area contributed by atoms with Gasteiger partial charge in [-0.15, -0.1) is 0 Å². The third kappa shape index (κ3) is 1.28. The Hall–Kier alpha value is -1.10. The monoisotopic (exact) mass is 205 g/mol. The van der Waals surface area contributed by atoms with Gasteiger partial charge in [0, 0.05) is 30.6 Å². The minimum Gasteiger partial charge on any atom is -0.315 e. The number of hydrogen-bond donors (Lipinski definition) is 1. The van der Waals surface area contributed by atoms with Gasteiger partial charge in [-0.2, -0.15) is 0 Å². The van der Waals surface area contributed by atoms with E-state index in [4.69, 9.17) is 0 Å². The Balaban J connectivity index is 2.54. The van der Waals surface area contributed by atoms with Crippen molar-refractivity contribution in [1.29, 1.82) is 0 Å². The van der Waals surface area contributed by atoms with Crippen molar-refractivity contribution in [1.82, 2.24) is 5.32 Å². The first kappa shape index (κ1) is 9.45. The van der Waals surface area contributed by atoms with Crippen molar-refractivity contribution >= 4 is 0 Å². The molecule has 1 N–H and O–H groups in total. The quantitative estimate of drug-likeness (QED) is 0.545. The molecule has 1 heterocycles. The molecule has 0 radical (unpaired) electrons. The van der Waals surface area contributed by atoms with Gasteiger partial charge in [-0.3, -0.25) is 0 Å². The van der Waals surface area contributed by atoms with Crippen molar-refractivity contribution in [3.8, 4) is 0 Å². The lowest BCUT2D eigenvalue weighted by Gasteiger charge is -2.28. The highest BCUT2D eigenvalue weighted by Gasteiger charge is 2.29. The highest BCUT2D eigenvalue weighted by molar-refractivity contribution is 5.28. The van der Waals surface area contributed by atoms with Crippen LogP contribution in [0.2, 0.25) is 0 Å². The lowest BCUT2D eigenvalue weighted by atomic mass is 9.92. The van der Waals surface area contributed by atoms with Gasteiger partial charge in [-0.05, 0) is 0 Å². The molecule has 76 valence electrons. The van der Waals surface area contributed by atoms with Crippen LogP contribution in [0.3, 0.4) is 0 Å². The highest BCUT2D eigenvalue weighted by atomic mass is 19.2. The average Bonchev–Trinajstić information content (AvgIpc) is 2.06. The fourth-order valence-electron chi connectivity index (χ4n) is 1.44. The molecule has 0 saturated carbocycles. The molecule has 14 heavy (non-hydrogen) atoms. The number of benzene rings is 1. The van der Waals surface area contributed by atoms with E-state index in [1.54, 1.807) is 0 Å². The van der Waals surface area contributed by atoms with Crippen molar-refractivity contribution in [3.63, 3.8) is 0 Å². The Morgan fingerprint density at radius 3 is 1.86 bits per heavy atom. The van der Waals surface area contributed by atoms with E-state index in [2.05, 4.69) is 5.32 Å². The van der Waals surface area contributed by atoms with Gasteiger partial charge in [0.05, 0.1) is 0 Å². The van der Waals surface area contributed by atoms with Crippen LogP contribution in [0.5, 0.6) is 0 Å². The van der Waals surface area contributed by atoms with Gasteiger partial charge in [-0.25, -0.2) is 17.6 Å². The molecule has 1 aromatic carbocycles. The van der Waals surface area contributed by atoms with Gasteiger partial charge < -0.3 is 5.32 Å². The Bertz CT molecular complexity index is 347. The van der Waals surface area contributed by atoms with E-state index < -0.39 is 34.8 Å². The minimum absolute atomic E-state index is 0.222. The molecule has 1 nitrogen and oxygen atoms in total. The second kappa shape index (κ2) is 3.24. The Labute approximate surface area is 77.7 Å². The summed E-state index contributed by atoms with van der Waals surface area (Å²) in [6, 6.07) is 0.222. The van der Waals surface area contributed by atoms with Crippen LogP contribution in [0.25, 0.3) is 0 Å². The van der Waals surface area contributed by atoms with Gasteiger partial charge in [0.15, 0.2) is 23.3 Å². The molecule has 2 rings (SSSR count). The number of halogens is 4. The van der Waals surface area contributed by atoms with Crippen LogP contribution in [-0.4, -0.2) is 13.1 Å². The van der Waals surface area contributed by atoms with E-state index in [0.717, 1.165) is 0 Å². The molecule has 1 aromatic rings. The van der Waals surface area contributed by atoms with Gasteiger partial charge in [-0.1, -0.05) is 0 Å². The normalized spacial score (nSPS) is 16.9. The van der Waals surface area contributed by atoms with E-state index in [1.807, 2.05) is 0 Å². The van der Waals surface area contributed by atoms with Crippen LogP contribution in [0.15, 0.2) is 6.07 Å².